The predicted octanol–water partition coefficient (Wildman–Crippen LogP) is 0.339. The number of aromatic carboxylic acids is 1. The molecule has 0 aliphatic heterocycles. The van der Waals surface area contributed by atoms with Crippen molar-refractivity contribution in [3.8, 4) is 0 Å². The number of anilines is 2. The Morgan fingerprint density at radius 2 is 1.58 bits per heavy atom. The minimum absolute atomic E-state index is 0.00446. The van der Waals surface area contributed by atoms with Crippen LogP contribution in [0.25, 0.3) is 5.78 Å². The van der Waals surface area contributed by atoms with Crippen molar-refractivity contribution in [2.24, 2.45) is 0 Å². The normalized spacial score (nSPS) is 11.0. The van der Waals surface area contributed by atoms with Crippen molar-refractivity contribution in [1.82, 2.24) is 25.2 Å². The molecule has 0 unspecified atom stereocenters. The molecule has 0 fully saturated rings. The van der Waals surface area contributed by atoms with Gasteiger partial charge >= 0.3 is 11.7 Å². The van der Waals surface area contributed by atoms with Gasteiger partial charge in [0.1, 0.15) is 22.8 Å². The summed E-state index contributed by atoms with van der Waals surface area (Å²) < 4.78 is 5.46. The maximum Gasteiger partial charge on any atom is 0.448 e. The van der Waals surface area contributed by atoms with Crippen LogP contribution in [0.1, 0.15) is 53.6 Å². The van der Waals surface area contributed by atoms with E-state index >= 15 is 0 Å². The molecular formula is C28H23N7O8. The highest BCUT2D eigenvalue weighted by Gasteiger charge is 2.21. The fourth-order valence-electron chi connectivity index (χ4n) is 4.38. The highest BCUT2D eigenvalue weighted by Crippen LogP contribution is 2.14. The lowest BCUT2D eigenvalue weighted by atomic mass is 10.1. The Balaban J connectivity index is 1.28. The molecule has 0 saturated carbocycles. The third-order valence-electron chi connectivity index (χ3n) is 6.62. The Morgan fingerprint density at radius 3 is 2.26 bits per heavy atom. The molecule has 15 nitrogen and oxygen atoms in total. The first-order chi connectivity index (χ1) is 20.5. The van der Waals surface area contributed by atoms with Crippen molar-refractivity contribution in [3.63, 3.8) is 0 Å². The highest BCUT2D eigenvalue weighted by molar-refractivity contribution is 5.98. The molecule has 0 aliphatic rings. The molecule has 2 heterocycles. The molecular weight excluding hydrogens is 562 g/mol. The number of aromatic nitrogens is 3. The van der Waals surface area contributed by atoms with E-state index in [0.29, 0.717) is 16.7 Å². The van der Waals surface area contributed by atoms with Gasteiger partial charge in [0.15, 0.2) is 0 Å². The van der Waals surface area contributed by atoms with Crippen LogP contribution in [-0.4, -0.2) is 37.4 Å². The SMILES string of the molecule is Cc1cc(CNC(=O)c2cc(C(=O)NCc3cccc(CNc4c(N)c(=O)c4=O)c3)nc3noc(=O)n23)ccc1C(=O)O. The smallest absolute Gasteiger partial charge is 0.448 e. The van der Waals surface area contributed by atoms with Crippen LogP contribution in [0, 0.1) is 6.92 Å². The van der Waals surface area contributed by atoms with Crippen LogP contribution < -0.4 is 38.3 Å². The number of nitrogens with zero attached hydrogens (tertiary/aromatic N) is 3. The second kappa shape index (κ2) is 11.4. The average Bonchev–Trinajstić information content (AvgIpc) is 3.38. The lowest BCUT2D eigenvalue weighted by Crippen LogP contribution is -2.36. The quantitative estimate of drug-likeness (QED) is 0.140. The molecule has 2 amide bonds. The molecule has 5 aromatic rings. The van der Waals surface area contributed by atoms with E-state index in [2.05, 4.69) is 30.6 Å². The summed E-state index contributed by atoms with van der Waals surface area (Å²) in [4.78, 5) is 76.5. The number of carbonyl (C=O) groups is 3. The summed E-state index contributed by atoms with van der Waals surface area (Å²) >= 11 is 0. The summed E-state index contributed by atoms with van der Waals surface area (Å²) in [6.45, 7) is 1.92. The number of fused-ring (bicyclic) bond motifs is 1. The predicted molar refractivity (Wildman–Crippen MR) is 152 cm³/mol. The van der Waals surface area contributed by atoms with Crippen molar-refractivity contribution in [2.75, 3.05) is 11.1 Å². The van der Waals surface area contributed by atoms with Crippen LogP contribution in [0.15, 0.2) is 67.4 Å². The van der Waals surface area contributed by atoms with Gasteiger partial charge in [-0.05, 0) is 46.5 Å². The number of aryl methyl sites for hydroxylation is 1. The summed E-state index contributed by atoms with van der Waals surface area (Å²) in [7, 11) is 0. The molecule has 43 heavy (non-hydrogen) atoms. The van der Waals surface area contributed by atoms with E-state index in [1.165, 1.54) is 6.07 Å². The molecule has 2 aromatic heterocycles. The molecule has 0 saturated heterocycles. The number of amides is 2. The molecule has 0 spiro atoms. The molecule has 218 valence electrons. The zero-order chi connectivity index (χ0) is 30.8. The molecule has 0 bridgehead atoms. The summed E-state index contributed by atoms with van der Waals surface area (Å²) in [5, 5.41) is 20.9. The van der Waals surface area contributed by atoms with Crippen LogP contribution in [0.2, 0.25) is 0 Å². The van der Waals surface area contributed by atoms with Crippen molar-refractivity contribution < 1.29 is 24.0 Å². The largest absolute Gasteiger partial charge is 0.478 e. The number of benzene rings is 2. The van der Waals surface area contributed by atoms with Gasteiger partial charge in [0, 0.05) is 19.6 Å². The van der Waals surface area contributed by atoms with Gasteiger partial charge in [-0.3, -0.25) is 23.7 Å². The number of carbonyl (C=O) groups excluding carboxylic acids is 2. The summed E-state index contributed by atoms with van der Waals surface area (Å²) in [6.07, 6.45) is 0. The lowest BCUT2D eigenvalue weighted by molar-refractivity contribution is 0.0695. The van der Waals surface area contributed by atoms with Gasteiger partial charge in [-0.2, -0.15) is 0 Å². The van der Waals surface area contributed by atoms with E-state index in [4.69, 9.17) is 5.73 Å². The summed E-state index contributed by atoms with van der Waals surface area (Å²) in [6, 6.07) is 12.8. The number of nitrogens with two attached hydrogens (primary N) is 1. The zero-order valence-electron chi connectivity index (χ0n) is 22.5. The summed E-state index contributed by atoms with van der Waals surface area (Å²) in [5.41, 5.74) is 6.38. The van der Waals surface area contributed by atoms with E-state index in [1.807, 2.05) is 0 Å². The number of hydrogen-bond donors (Lipinski definition) is 5. The van der Waals surface area contributed by atoms with Gasteiger partial charge in [0.25, 0.3) is 28.4 Å². The molecule has 5 rings (SSSR count). The first-order valence-corrected chi connectivity index (χ1v) is 12.7. The number of carboxylic acid groups (broad SMARTS) is 1. The minimum atomic E-state index is -1.07. The van der Waals surface area contributed by atoms with E-state index in [1.54, 1.807) is 43.3 Å². The molecule has 6 N–H and O–H groups in total. The van der Waals surface area contributed by atoms with E-state index in [0.717, 1.165) is 16.0 Å². The van der Waals surface area contributed by atoms with Crippen LogP contribution >= 0.6 is 0 Å². The number of hydrogen-bond acceptors (Lipinski definition) is 11. The van der Waals surface area contributed by atoms with Gasteiger partial charge in [-0.15, -0.1) is 0 Å². The molecule has 3 aromatic carbocycles. The fourth-order valence-corrected chi connectivity index (χ4v) is 4.38. The second-order valence-corrected chi connectivity index (χ2v) is 9.55. The maximum atomic E-state index is 13.1. The standard InChI is InChI=1S/C28H23N7O8/c1-13-7-16(5-6-17(13)26(40)41)12-32-25(39)19-9-18(33-27-34-43-28(42)35(19)27)24(38)31-11-15-4-2-3-14(8-15)10-30-21-20(29)22(36)23(21)37/h2-9,30H,10-12,29H2,1H3,(H,31,38)(H,32,39)(H,40,41). The van der Waals surface area contributed by atoms with Gasteiger partial charge in [-0.1, -0.05) is 36.4 Å². The van der Waals surface area contributed by atoms with Crippen molar-refractivity contribution >= 4 is 34.9 Å². The van der Waals surface area contributed by atoms with Crippen LogP contribution in [-0.2, 0) is 19.6 Å². The Hall–Kier alpha value is -6.12. The Kier molecular flexibility index (Phi) is 7.53. The molecule has 0 aliphatic carbocycles. The molecule has 0 radical (unpaired) electrons. The average molecular weight is 586 g/mol. The maximum absolute atomic E-state index is 13.1. The number of rotatable bonds is 10. The first kappa shape index (κ1) is 28.4. The Labute approximate surface area is 240 Å². The number of nitrogens with one attached hydrogen (secondary N) is 3. The molecule has 0 atom stereocenters. The van der Waals surface area contributed by atoms with Crippen molar-refractivity contribution in [3.05, 3.63) is 119 Å². The van der Waals surface area contributed by atoms with Gasteiger partial charge < -0.3 is 26.8 Å². The monoisotopic (exact) mass is 585 g/mol. The Bertz CT molecular complexity index is 2050. The third-order valence-corrected chi connectivity index (χ3v) is 6.62. The van der Waals surface area contributed by atoms with Crippen LogP contribution in [0.5, 0.6) is 0 Å². The van der Waals surface area contributed by atoms with E-state index < -0.39 is 34.4 Å². The van der Waals surface area contributed by atoms with Crippen molar-refractivity contribution in [2.45, 2.75) is 26.6 Å². The van der Waals surface area contributed by atoms with Gasteiger partial charge in [-0.25, -0.2) is 19.0 Å². The Morgan fingerprint density at radius 1 is 0.907 bits per heavy atom. The first-order valence-electron chi connectivity index (χ1n) is 12.7. The van der Waals surface area contributed by atoms with E-state index in [-0.39, 0.29) is 53.7 Å². The van der Waals surface area contributed by atoms with E-state index in [9.17, 15) is 33.9 Å². The van der Waals surface area contributed by atoms with Crippen LogP contribution in [0.3, 0.4) is 0 Å². The van der Waals surface area contributed by atoms with Crippen LogP contribution in [0.4, 0.5) is 11.4 Å². The zero-order valence-corrected chi connectivity index (χ0v) is 22.5. The number of carboxylic acids is 1. The summed E-state index contributed by atoms with van der Waals surface area (Å²) in [5.74, 6) is -3.73. The second-order valence-electron chi connectivity index (χ2n) is 9.55. The number of nitrogen functional groups attached to an aromatic ring is 1. The van der Waals surface area contributed by atoms with Gasteiger partial charge in [0.05, 0.1) is 5.56 Å². The topological polar surface area (TPSA) is 228 Å². The van der Waals surface area contributed by atoms with Gasteiger partial charge in [0.2, 0.25) is 0 Å². The minimum Gasteiger partial charge on any atom is -0.478 e. The fraction of sp³-hybridized carbons (Fsp3) is 0.143. The lowest BCUT2D eigenvalue weighted by Gasteiger charge is -2.11. The third kappa shape index (κ3) is 5.72. The molecule has 15 heteroatoms. The highest BCUT2D eigenvalue weighted by atomic mass is 16.5. The van der Waals surface area contributed by atoms with Crippen molar-refractivity contribution in [1.29, 1.82) is 0 Å².